The highest BCUT2D eigenvalue weighted by Gasteiger charge is 2.27. The van der Waals surface area contributed by atoms with E-state index >= 15 is 4.39 Å². The molecule has 0 bridgehead atoms. The average molecular weight is 461 g/mol. The summed E-state index contributed by atoms with van der Waals surface area (Å²) in [6, 6.07) is 13.0. The molecule has 1 fully saturated rings. The number of aryl methyl sites for hydroxylation is 1. The number of nitrogens with zero attached hydrogens (tertiary/aromatic N) is 3. The van der Waals surface area contributed by atoms with Crippen LogP contribution in [-0.4, -0.2) is 39.8 Å². The van der Waals surface area contributed by atoms with Gasteiger partial charge in [0.15, 0.2) is 0 Å². The number of rotatable bonds is 6. The summed E-state index contributed by atoms with van der Waals surface area (Å²) in [7, 11) is 0. The lowest BCUT2D eigenvalue weighted by Crippen LogP contribution is -2.35. The zero-order chi connectivity index (χ0) is 23.8. The molecule has 7 nitrogen and oxygen atoms in total. The van der Waals surface area contributed by atoms with Crippen LogP contribution in [0.5, 0.6) is 0 Å². The molecule has 0 spiro atoms. The van der Waals surface area contributed by atoms with Crippen molar-refractivity contribution in [2.45, 2.75) is 32.4 Å². The predicted octanol–water partition coefficient (Wildman–Crippen LogP) is 4.49. The molecule has 1 atom stereocenters. The minimum absolute atomic E-state index is 0.114. The molecule has 34 heavy (non-hydrogen) atoms. The fourth-order valence-corrected chi connectivity index (χ4v) is 4.86. The summed E-state index contributed by atoms with van der Waals surface area (Å²) >= 11 is 0. The lowest BCUT2D eigenvalue weighted by molar-refractivity contribution is 0.0695. The number of fused-ring (bicyclic) bond motifs is 3. The van der Waals surface area contributed by atoms with E-state index in [1.54, 1.807) is 16.8 Å². The Balaban J connectivity index is 1.58. The van der Waals surface area contributed by atoms with E-state index in [2.05, 4.69) is 15.2 Å². The molecule has 5 rings (SSSR count). The normalized spacial score (nSPS) is 15.8. The van der Waals surface area contributed by atoms with Gasteiger partial charge in [0.1, 0.15) is 11.4 Å². The number of nitrogens with one attached hydrogen (secondary N) is 1. The maximum atomic E-state index is 15.5. The maximum absolute atomic E-state index is 15.5. The molecule has 3 heterocycles. The number of carboxylic acid groups (broad SMARTS) is 1. The highest BCUT2D eigenvalue weighted by Crippen LogP contribution is 2.33. The van der Waals surface area contributed by atoms with Crippen LogP contribution < -0.4 is 15.6 Å². The maximum Gasteiger partial charge on any atom is 0.341 e. The minimum atomic E-state index is -1.30. The van der Waals surface area contributed by atoms with Crippen LogP contribution in [0.15, 0.2) is 59.7 Å². The van der Waals surface area contributed by atoms with Crippen molar-refractivity contribution in [3.63, 3.8) is 0 Å². The van der Waals surface area contributed by atoms with Crippen LogP contribution in [-0.2, 0) is 6.54 Å². The second-order valence-corrected chi connectivity index (χ2v) is 8.54. The smallest absolute Gasteiger partial charge is 0.341 e. The van der Waals surface area contributed by atoms with Gasteiger partial charge in [-0.05, 0) is 44.0 Å². The summed E-state index contributed by atoms with van der Waals surface area (Å²) in [4.78, 5) is 31.2. The van der Waals surface area contributed by atoms with E-state index < -0.39 is 17.2 Å². The van der Waals surface area contributed by atoms with E-state index in [0.717, 1.165) is 25.1 Å². The summed E-state index contributed by atoms with van der Waals surface area (Å²) in [5.41, 5.74) is 1.46. The molecule has 1 aliphatic heterocycles. The number of anilines is 2. The SMILES string of the molecule is CCn1cc(C(=O)O)c(=O)c2c3cc(F)c(N4CCC[C@H]4CNc4ccccc4)cc3ncc21. The Bertz CT molecular complexity index is 1450. The van der Waals surface area contributed by atoms with Gasteiger partial charge in [0.25, 0.3) is 0 Å². The van der Waals surface area contributed by atoms with Crippen LogP contribution >= 0.6 is 0 Å². The minimum Gasteiger partial charge on any atom is -0.477 e. The van der Waals surface area contributed by atoms with Gasteiger partial charge in [-0.25, -0.2) is 9.18 Å². The van der Waals surface area contributed by atoms with Gasteiger partial charge in [0, 0.05) is 42.9 Å². The van der Waals surface area contributed by atoms with Crippen LogP contribution in [0.1, 0.15) is 30.1 Å². The number of aromatic nitrogens is 2. The molecular formula is C26H25FN4O3. The van der Waals surface area contributed by atoms with Gasteiger partial charge < -0.3 is 19.9 Å². The van der Waals surface area contributed by atoms with E-state index in [0.29, 0.717) is 35.2 Å². The molecule has 4 aromatic rings. The third kappa shape index (κ3) is 3.75. The summed E-state index contributed by atoms with van der Waals surface area (Å²) in [5, 5.41) is 13.4. The third-order valence-electron chi connectivity index (χ3n) is 6.56. The largest absolute Gasteiger partial charge is 0.477 e. The van der Waals surface area contributed by atoms with Crippen molar-refractivity contribution in [2.24, 2.45) is 0 Å². The lowest BCUT2D eigenvalue weighted by Gasteiger charge is -2.28. The second kappa shape index (κ2) is 8.78. The Labute approximate surface area is 195 Å². The third-order valence-corrected chi connectivity index (χ3v) is 6.56. The van der Waals surface area contributed by atoms with Gasteiger partial charge in [0.2, 0.25) is 5.43 Å². The number of para-hydroxylation sites is 1. The van der Waals surface area contributed by atoms with Crippen LogP contribution in [0.4, 0.5) is 15.8 Å². The first-order valence-electron chi connectivity index (χ1n) is 11.4. The summed E-state index contributed by atoms with van der Waals surface area (Å²) in [6.07, 6.45) is 4.77. The van der Waals surface area contributed by atoms with Crippen molar-refractivity contribution in [3.05, 3.63) is 76.5 Å². The first kappa shape index (κ1) is 21.9. The van der Waals surface area contributed by atoms with Crippen LogP contribution in [0, 0.1) is 5.82 Å². The Kier molecular flexibility index (Phi) is 5.65. The molecule has 8 heteroatoms. The van der Waals surface area contributed by atoms with Crippen molar-refractivity contribution in [1.82, 2.24) is 9.55 Å². The van der Waals surface area contributed by atoms with E-state index in [-0.39, 0.29) is 17.0 Å². The van der Waals surface area contributed by atoms with Gasteiger partial charge in [-0.15, -0.1) is 0 Å². The Morgan fingerprint density at radius 3 is 2.79 bits per heavy atom. The number of halogens is 1. The fraction of sp³-hybridized carbons (Fsp3) is 0.269. The van der Waals surface area contributed by atoms with Gasteiger partial charge >= 0.3 is 5.97 Å². The molecule has 0 saturated carbocycles. The zero-order valence-corrected chi connectivity index (χ0v) is 18.8. The summed E-state index contributed by atoms with van der Waals surface area (Å²) in [5.74, 6) is -1.75. The van der Waals surface area contributed by atoms with Crippen molar-refractivity contribution in [2.75, 3.05) is 23.3 Å². The van der Waals surface area contributed by atoms with Gasteiger partial charge in [-0.2, -0.15) is 0 Å². The van der Waals surface area contributed by atoms with Gasteiger partial charge in [-0.3, -0.25) is 9.78 Å². The number of carboxylic acids is 1. The first-order valence-corrected chi connectivity index (χ1v) is 11.4. The standard InChI is InChI=1S/C26H25FN4O3/c1-2-30-15-19(26(33)34)25(32)24-18-11-20(27)22(12-21(18)29-14-23(24)30)31-10-6-9-17(31)13-28-16-7-4-3-5-8-16/h3-5,7-8,11-12,14-15,17,28H,2,6,9-10,13H2,1H3,(H,33,34)/t17-/m0/s1. The Hall–Kier alpha value is -3.94. The lowest BCUT2D eigenvalue weighted by atomic mass is 10.1. The average Bonchev–Trinajstić information content (AvgIpc) is 3.31. The zero-order valence-electron chi connectivity index (χ0n) is 18.8. The van der Waals surface area contributed by atoms with Crippen LogP contribution in [0.3, 0.4) is 0 Å². The predicted molar refractivity (Wildman–Crippen MR) is 131 cm³/mol. The van der Waals surface area contributed by atoms with Crippen LogP contribution in [0.2, 0.25) is 0 Å². The van der Waals surface area contributed by atoms with Crippen LogP contribution in [0.25, 0.3) is 21.8 Å². The molecule has 2 N–H and O–H groups in total. The molecule has 2 aromatic heterocycles. The molecule has 0 radical (unpaired) electrons. The van der Waals surface area contributed by atoms with Crippen molar-refractivity contribution < 1.29 is 14.3 Å². The number of pyridine rings is 2. The molecule has 1 saturated heterocycles. The number of benzene rings is 2. The topological polar surface area (TPSA) is 87.5 Å². The summed E-state index contributed by atoms with van der Waals surface area (Å²) in [6.45, 7) is 3.70. The molecular weight excluding hydrogens is 435 g/mol. The Morgan fingerprint density at radius 2 is 2.06 bits per heavy atom. The number of hydrogen-bond acceptors (Lipinski definition) is 5. The number of carbonyl (C=O) groups is 1. The number of aromatic carboxylic acids is 1. The fourth-order valence-electron chi connectivity index (χ4n) is 4.86. The molecule has 0 aliphatic carbocycles. The van der Waals surface area contributed by atoms with E-state index in [1.807, 2.05) is 37.3 Å². The second-order valence-electron chi connectivity index (χ2n) is 8.54. The highest BCUT2D eigenvalue weighted by atomic mass is 19.1. The van der Waals surface area contributed by atoms with Crippen molar-refractivity contribution in [1.29, 1.82) is 0 Å². The van der Waals surface area contributed by atoms with Crippen molar-refractivity contribution >= 4 is 39.1 Å². The van der Waals surface area contributed by atoms with Gasteiger partial charge in [0.05, 0.1) is 28.3 Å². The molecule has 0 amide bonds. The first-order chi connectivity index (χ1) is 16.5. The van der Waals surface area contributed by atoms with E-state index in [1.165, 1.54) is 12.3 Å². The van der Waals surface area contributed by atoms with Gasteiger partial charge in [-0.1, -0.05) is 18.2 Å². The molecule has 1 aliphatic rings. The molecule has 0 unspecified atom stereocenters. The quantitative estimate of drug-likeness (QED) is 0.413. The van der Waals surface area contributed by atoms with E-state index in [9.17, 15) is 14.7 Å². The monoisotopic (exact) mass is 460 g/mol. The van der Waals surface area contributed by atoms with E-state index in [4.69, 9.17) is 0 Å². The Morgan fingerprint density at radius 1 is 1.26 bits per heavy atom. The highest BCUT2D eigenvalue weighted by molar-refractivity contribution is 6.07. The number of hydrogen-bond donors (Lipinski definition) is 2. The summed E-state index contributed by atoms with van der Waals surface area (Å²) < 4.78 is 17.2. The van der Waals surface area contributed by atoms with Crippen molar-refractivity contribution in [3.8, 4) is 0 Å². The molecule has 174 valence electrons. The molecule has 2 aromatic carbocycles.